The molecular weight excluding hydrogens is 232 g/mol. The van der Waals surface area contributed by atoms with E-state index in [2.05, 4.69) is 18.3 Å². The standard InChI is InChI=1S/C17H24N2/c1-2-6-14-7-5-9-16(12-11-14)19-17-10-4-3-8-15(17)13-18/h3-4,8,10,14,16,19H,2,5-7,9,11-12H2,1H3. The molecule has 2 unspecified atom stereocenters. The van der Waals surface area contributed by atoms with E-state index in [1.54, 1.807) is 0 Å². The second-order valence-corrected chi connectivity index (χ2v) is 5.66. The van der Waals surface area contributed by atoms with Crippen molar-refractivity contribution in [2.24, 2.45) is 5.92 Å². The molecule has 0 radical (unpaired) electrons. The summed E-state index contributed by atoms with van der Waals surface area (Å²) in [5.41, 5.74) is 1.76. The van der Waals surface area contributed by atoms with Gasteiger partial charge in [-0.05, 0) is 37.3 Å². The Morgan fingerprint density at radius 2 is 2.05 bits per heavy atom. The number of nitrogens with one attached hydrogen (secondary N) is 1. The minimum Gasteiger partial charge on any atom is -0.381 e. The van der Waals surface area contributed by atoms with Crippen molar-refractivity contribution in [2.75, 3.05) is 5.32 Å². The van der Waals surface area contributed by atoms with Crippen molar-refractivity contribution in [3.05, 3.63) is 29.8 Å². The smallest absolute Gasteiger partial charge is 0.101 e. The van der Waals surface area contributed by atoms with Crippen molar-refractivity contribution < 1.29 is 0 Å². The number of hydrogen-bond acceptors (Lipinski definition) is 2. The van der Waals surface area contributed by atoms with Crippen LogP contribution >= 0.6 is 0 Å². The molecule has 0 aliphatic heterocycles. The largest absolute Gasteiger partial charge is 0.381 e. The van der Waals surface area contributed by atoms with E-state index in [0.717, 1.165) is 17.2 Å². The van der Waals surface area contributed by atoms with Gasteiger partial charge in [-0.15, -0.1) is 0 Å². The molecule has 0 bridgehead atoms. The number of anilines is 1. The molecule has 0 saturated heterocycles. The molecule has 102 valence electrons. The van der Waals surface area contributed by atoms with Crippen LogP contribution in [0.4, 0.5) is 5.69 Å². The molecule has 2 atom stereocenters. The fourth-order valence-electron chi connectivity index (χ4n) is 3.15. The quantitative estimate of drug-likeness (QED) is 0.791. The molecule has 1 aromatic rings. The Hall–Kier alpha value is -1.49. The lowest BCUT2D eigenvalue weighted by Crippen LogP contribution is -2.19. The number of nitriles is 1. The van der Waals surface area contributed by atoms with E-state index in [-0.39, 0.29) is 0 Å². The van der Waals surface area contributed by atoms with Crippen LogP contribution in [0.2, 0.25) is 0 Å². The fourth-order valence-corrected chi connectivity index (χ4v) is 3.15. The van der Waals surface area contributed by atoms with Gasteiger partial charge in [0.1, 0.15) is 6.07 Å². The van der Waals surface area contributed by atoms with Gasteiger partial charge in [0.25, 0.3) is 0 Å². The SMILES string of the molecule is CCCC1CCCC(Nc2ccccc2C#N)CC1. The van der Waals surface area contributed by atoms with Crippen molar-refractivity contribution in [3.8, 4) is 6.07 Å². The van der Waals surface area contributed by atoms with Crippen molar-refractivity contribution in [1.82, 2.24) is 0 Å². The van der Waals surface area contributed by atoms with Crippen LogP contribution in [0.5, 0.6) is 0 Å². The Bertz CT molecular complexity index is 433. The Balaban J connectivity index is 1.94. The first kappa shape index (κ1) is 13.9. The summed E-state index contributed by atoms with van der Waals surface area (Å²) >= 11 is 0. The first-order valence-corrected chi connectivity index (χ1v) is 7.59. The Morgan fingerprint density at radius 3 is 2.84 bits per heavy atom. The Labute approximate surface area is 116 Å². The van der Waals surface area contributed by atoms with Crippen LogP contribution in [0.25, 0.3) is 0 Å². The zero-order valence-corrected chi connectivity index (χ0v) is 11.9. The maximum absolute atomic E-state index is 9.13. The molecule has 2 heteroatoms. The molecule has 2 rings (SSSR count). The monoisotopic (exact) mass is 256 g/mol. The summed E-state index contributed by atoms with van der Waals surface area (Å²) in [6, 6.07) is 10.6. The van der Waals surface area contributed by atoms with Crippen LogP contribution < -0.4 is 5.32 Å². The van der Waals surface area contributed by atoms with Crippen LogP contribution in [0.15, 0.2) is 24.3 Å². The molecule has 0 aromatic heterocycles. The molecule has 1 saturated carbocycles. The molecule has 1 aromatic carbocycles. The van der Waals surface area contributed by atoms with Gasteiger partial charge in [-0.3, -0.25) is 0 Å². The number of benzene rings is 1. The number of nitrogens with zero attached hydrogens (tertiary/aromatic N) is 1. The highest BCUT2D eigenvalue weighted by Crippen LogP contribution is 2.28. The maximum Gasteiger partial charge on any atom is 0.101 e. The van der Waals surface area contributed by atoms with E-state index in [1.165, 1.54) is 44.9 Å². The van der Waals surface area contributed by atoms with Crippen molar-refractivity contribution in [3.63, 3.8) is 0 Å². The highest BCUT2D eigenvalue weighted by atomic mass is 14.9. The first-order valence-electron chi connectivity index (χ1n) is 7.59. The number of para-hydroxylation sites is 1. The zero-order chi connectivity index (χ0) is 13.5. The van der Waals surface area contributed by atoms with E-state index in [1.807, 2.05) is 24.3 Å². The zero-order valence-electron chi connectivity index (χ0n) is 11.9. The van der Waals surface area contributed by atoms with Gasteiger partial charge in [0, 0.05) is 6.04 Å². The lowest BCUT2D eigenvalue weighted by molar-refractivity contribution is 0.422. The average molecular weight is 256 g/mol. The Kier molecular flexibility index (Phi) is 5.27. The van der Waals surface area contributed by atoms with Gasteiger partial charge in [-0.25, -0.2) is 0 Å². The molecule has 1 aliphatic rings. The third-order valence-electron chi connectivity index (χ3n) is 4.19. The maximum atomic E-state index is 9.13. The molecule has 0 amide bonds. The summed E-state index contributed by atoms with van der Waals surface area (Å²) in [6.45, 7) is 2.28. The molecule has 0 heterocycles. The summed E-state index contributed by atoms with van der Waals surface area (Å²) < 4.78 is 0. The molecule has 1 N–H and O–H groups in total. The van der Waals surface area contributed by atoms with Crippen molar-refractivity contribution in [1.29, 1.82) is 5.26 Å². The molecule has 1 fully saturated rings. The van der Waals surface area contributed by atoms with Gasteiger partial charge in [0.15, 0.2) is 0 Å². The highest BCUT2D eigenvalue weighted by Gasteiger charge is 2.18. The predicted octanol–water partition coefficient (Wildman–Crippen LogP) is 4.72. The molecule has 1 aliphatic carbocycles. The summed E-state index contributed by atoms with van der Waals surface area (Å²) in [6.07, 6.45) is 9.19. The van der Waals surface area contributed by atoms with E-state index >= 15 is 0 Å². The summed E-state index contributed by atoms with van der Waals surface area (Å²) in [7, 11) is 0. The van der Waals surface area contributed by atoms with E-state index in [0.29, 0.717) is 6.04 Å². The minimum atomic E-state index is 0.538. The third kappa shape index (κ3) is 3.99. The van der Waals surface area contributed by atoms with E-state index in [4.69, 9.17) is 5.26 Å². The Morgan fingerprint density at radius 1 is 1.21 bits per heavy atom. The normalized spacial score (nSPS) is 23.4. The van der Waals surface area contributed by atoms with Crippen LogP contribution in [0, 0.1) is 17.2 Å². The lowest BCUT2D eigenvalue weighted by atomic mass is 9.95. The van der Waals surface area contributed by atoms with Crippen LogP contribution in [-0.4, -0.2) is 6.04 Å². The van der Waals surface area contributed by atoms with Gasteiger partial charge in [-0.1, -0.05) is 44.7 Å². The third-order valence-corrected chi connectivity index (χ3v) is 4.19. The van der Waals surface area contributed by atoms with Crippen molar-refractivity contribution >= 4 is 5.69 Å². The summed E-state index contributed by atoms with van der Waals surface area (Å²) in [5, 5.41) is 12.7. The predicted molar refractivity (Wildman–Crippen MR) is 80.1 cm³/mol. The first-order chi connectivity index (χ1) is 9.33. The van der Waals surface area contributed by atoms with Crippen LogP contribution in [0.3, 0.4) is 0 Å². The van der Waals surface area contributed by atoms with Crippen LogP contribution in [0.1, 0.15) is 57.4 Å². The molecule has 19 heavy (non-hydrogen) atoms. The van der Waals surface area contributed by atoms with Gasteiger partial charge < -0.3 is 5.32 Å². The van der Waals surface area contributed by atoms with Gasteiger partial charge in [-0.2, -0.15) is 5.26 Å². The van der Waals surface area contributed by atoms with E-state index in [9.17, 15) is 0 Å². The van der Waals surface area contributed by atoms with Gasteiger partial charge in [0.05, 0.1) is 11.3 Å². The number of hydrogen-bond donors (Lipinski definition) is 1. The van der Waals surface area contributed by atoms with E-state index < -0.39 is 0 Å². The lowest BCUT2D eigenvalue weighted by Gasteiger charge is -2.19. The van der Waals surface area contributed by atoms with Gasteiger partial charge >= 0.3 is 0 Å². The highest BCUT2D eigenvalue weighted by molar-refractivity contribution is 5.57. The molecular formula is C17H24N2. The van der Waals surface area contributed by atoms with Gasteiger partial charge in [0.2, 0.25) is 0 Å². The number of rotatable bonds is 4. The molecule has 2 nitrogen and oxygen atoms in total. The second-order valence-electron chi connectivity index (χ2n) is 5.66. The second kappa shape index (κ2) is 7.19. The summed E-state index contributed by atoms with van der Waals surface area (Å²) in [5.74, 6) is 0.919. The molecule has 0 spiro atoms. The minimum absolute atomic E-state index is 0.538. The summed E-state index contributed by atoms with van der Waals surface area (Å²) in [4.78, 5) is 0. The van der Waals surface area contributed by atoms with Crippen LogP contribution in [-0.2, 0) is 0 Å². The van der Waals surface area contributed by atoms with Crippen molar-refractivity contribution in [2.45, 2.75) is 57.9 Å². The topological polar surface area (TPSA) is 35.8 Å². The fraction of sp³-hybridized carbons (Fsp3) is 0.588. The average Bonchev–Trinajstić information content (AvgIpc) is 2.66.